The van der Waals surface area contributed by atoms with Crippen LogP contribution in [-0.2, 0) is 6.54 Å². The maximum atomic E-state index is 4.29. The van der Waals surface area contributed by atoms with Crippen LogP contribution in [0.2, 0.25) is 0 Å². The first kappa shape index (κ1) is 12.8. The normalized spacial score (nSPS) is 14.4. The van der Waals surface area contributed by atoms with E-state index < -0.39 is 0 Å². The van der Waals surface area contributed by atoms with Crippen molar-refractivity contribution in [3.8, 4) is 0 Å². The SMILES string of the molecule is Cl.c1ccc(CNNC2=NCCCN2)cc1. The average molecular weight is 241 g/mol. The predicted octanol–water partition coefficient (Wildman–Crippen LogP) is 1.05. The molecule has 3 N–H and O–H groups in total. The third kappa shape index (κ3) is 4.08. The molecule has 0 fully saturated rings. The van der Waals surface area contributed by atoms with Crippen LogP contribution in [0.25, 0.3) is 0 Å². The molecule has 16 heavy (non-hydrogen) atoms. The maximum absolute atomic E-state index is 4.29. The van der Waals surface area contributed by atoms with E-state index in [4.69, 9.17) is 0 Å². The Hall–Kier alpha value is -1.26. The third-order valence-electron chi connectivity index (χ3n) is 2.24. The molecule has 88 valence electrons. The van der Waals surface area contributed by atoms with Crippen LogP contribution in [0, 0.1) is 0 Å². The number of hydrogen-bond donors (Lipinski definition) is 3. The Morgan fingerprint density at radius 3 is 2.75 bits per heavy atom. The van der Waals surface area contributed by atoms with Crippen LogP contribution in [0.1, 0.15) is 12.0 Å². The molecule has 1 aliphatic heterocycles. The summed E-state index contributed by atoms with van der Waals surface area (Å²) in [5, 5.41) is 3.18. The maximum Gasteiger partial charge on any atom is 0.205 e. The quantitative estimate of drug-likeness (QED) is 0.693. The molecule has 5 heteroatoms. The van der Waals surface area contributed by atoms with E-state index in [1.54, 1.807) is 0 Å². The van der Waals surface area contributed by atoms with Crippen LogP contribution in [0.3, 0.4) is 0 Å². The number of aliphatic imine (C=N–C) groups is 1. The van der Waals surface area contributed by atoms with Gasteiger partial charge in [-0.3, -0.25) is 10.4 Å². The average Bonchev–Trinajstić information content (AvgIpc) is 2.32. The lowest BCUT2D eigenvalue weighted by Crippen LogP contribution is -2.47. The molecule has 4 nitrogen and oxygen atoms in total. The highest BCUT2D eigenvalue weighted by Gasteiger charge is 2.01. The van der Waals surface area contributed by atoms with Crippen molar-refractivity contribution in [2.75, 3.05) is 13.1 Å². The van der Waals surface area contributed by atoms with Crippen molar-refractivity contribution in [1.82, 2.24) is 16.2 Å². The molecule has 0 atom stereocenters. The Labute approximate surface area is 102 Å². The molecular weight excluding hydrogens is 224 g/mol. The molecule has 0 aliphatic carbocycles. The topological polar surface area (TPSA) is 48.5 Å². The standard InChI is InChI=1S/C11H16N4.ClH/c1-2-5-10(6-3-1)9-14-15-11-12-7-4-8-13-11;/h1-3,5-6,14H,4,7-9H2,(H2,12,13,15);1H. The molecule has 0 spiro atoms. The first-order valence-corrected chi connectivity index (χ1v) is 5.26. The number of guanidine groups is 1. The van der Waals surface area contributed by atoms with Crippen molar-refractivity contribution in [2.24, 2.45) is 4.99 Å². The van der Waals surface area contributed by atoms with Crippen molar-refractivity contribution in [3.05, 3.63) is 35.9 Å². The molecule has 2 rings (SSSR count). The lowest BCUT2D eigenvalue weighted by molar-refractivity contribution is 0.610. The fourth-order valence-electron chi connectivity index (χ4n) is 1.44. The summed E-state index contributed by atoms with van der Waals surface area (Å²) in [5.74, 6) is 0.845. The van der Waals surface area contributed by atoms with Gasteiger partial charge in [0.15, 0.2) is 0 Å². The smallest absolute Gasteiger partial charge is 0.205 e. The van der Waals surface area contributed by atoms with Gasteiger partial charge in [0.2, 0.25) is 5.96 Å². The van der Waals surface area contributed by atoms with Gasteiger partial charge in [0.05, 0.1) is 0 Å². The lowest BCUT2D eigenvalue weighted by atomic mass is 10.2. The molecule has 1 aromatic carbocycles. The van der Waals surface area contributed by atoms with Crippen LogP contribution in [0.5, 0.6) is 0 Å². The summed E-state index contributed by atoms with van der Waals surface area (Å²) in [6.07, 6.45) is 1.11. The fraction of sp³-hybridized carbons (Fsp3) is 0.364. The Balaban J connectivity index is 0.00000128. The van der Waals surface area contributed by atoms with E-state index in [0.717, 1.165) is 32.0 Å². The monoisotopic (exact) mass is 240 g/mol. The van der Waals surface area contributed by atoms with Crippen molar-refractivity contribution in [3.63, 3.8) is 0 Å². The highest BCUT2D eigenvalue weighted by molar-refractivity contribution is 5.85. The van der Waals surface area contributed by atoms with Gasteiger partial charge >= 0.3 is 0 Å². The Morgan fingerprint density at radius 1 is 1.25 bits per heavy atom. The van der Waals surface area contributed by atoms with Crippen molar-refractivity contribution in [1.29, 1.82) is 0 Å². The molecule has 0 bridgehead atoms. The first-order valence-electron chi connectivity index (χ1n) is 5.26. The number of benzene rings is 1. The number of nitrogens with one attached hydrogen (secondary N) is 3. The second kappa shape index (κ2) is 7.09. The Morgan fingerprint density at radius 2 is 2.06 bits per heavy atom. The summed E-state index contributed by atoms with van der Waals surface area (Å²) in [4.78, 5) is 4.29. The minimum atomic E-state index is 0. The molecule has 0 saturated heterocycles. The minimum absolute atomic E-state index is 0. The Bertz CT molecular complexity index is 326. The summed E-state index contributed by atoms with van der Waals surface area (Å²) in [6.45, 7) is 2.70. The summed E-state index contributed by atoms with van der Waals surface area (Å²) < 4.78 is 0. The van der Waals surface area contributed by atoms with E-state index in [-0.39, 0.29) is 12.4 Å². The largest absolute Gasteiger partial charge is 0.355 e. The molecule has 0 radical (unpaired) electrons. The van der Waals surface area contributed by atoms with Crippen LogP contribution in [0.4, 0.5) is 0 Å². The summed E-state index contributed by atoms with van der Waals surface area (Å²) in [5.41, 5.74) is 7.44. The molecule has 1 heterocycles. The van der Waals surface area contributed by atoms with E-state index in [1.807, 2.05) is 18.2 Å². The van der Waals surface area contributed by atoms with Crippen molar-refractivity contribution >= 4 is 18.4 Å². The summed E-state index contributed by atoms with van der Waals surface area (Å²) in [6, 6.07) is 10.3. The minimum Gasteiger partial charge on any atom is -0.355 e. The van der Waals surface area contributed by atoms with Crippen LogP contribution < -0.4 is 16.2 Å². The predicted molar refractivity (Wildman–Crippen MR) is 68.6 cm³/mol. The highest BCUT2D eigenvalue weighted by atomic mass is 35.5. The summed E-state index contributed by atoms with van der Waals surface area (Å²) in [7, 11) is 0. The molecular formula is C11H17ClN4. The number of hydrogen-bond acceptors (Lipinski definition) is 4. The molecule has 1 aliphatic rings. The van der Waals surface area contributed by atoms with Gasteiger partial charge in [0.25, 0.3) is 0 Å². The zero-order chi connectivity index (χ0) is 10.3. The van der Waals surface area contributed by atoms with E-state index >= 15 is 0 Å². The van der Waals surface area contributed by atoms with Gasteiger partial charge in [-0.1, -0.05) is 30.3 Å². The Kier molecular flexibility index (Phi) is 5.67. The van der Waals surface area contributed by atoms with Gasteiger partial charge < -0.3 is 5.32 Å². The van der Waals surface area contributed by atoms with Gasteiger partial charge in [-0.2, -0.15) is 0 Å². The lowest BCUT2D eigenvalue weighted by Gasteiger charge is -2.16. The second-order valence-electron chi connectivity index (χ2n) is 3.47. The van der Waals surface area contributed by atoms with Gasteiger partial charge in [-0.15, -0.1) is 12.4 Å². The van der Waals surface area contributed by atoms with Gasteiger partial charge in [0, 0.05) is 19.6 Å². The number of hydrazine groups is 1. The molecule has 0 amide bonds. The number of rotatable bonds is 3. The van der Waals surface area contributed by atoms with Gasteiger partial charge in [0.1, 0.15) is 0 Å². The molecule has 0 saturated carbocycles. The van der Waals surface area contributed by atoms with Crippen LogP contribution in [-0.4, -0.2) is 19.0 Å². The van der Waals surface area contributed by atoms with Crippen LogP contribution in [0.15, 0.2) is 35.3 Å². The molecule has 0 unspecified atom stereocenters. The van der Waals surface area contributed by atoms with E-state index in [2.05, 4.69) is 33.3 Å². The van der Waals surface area contributed by atoms with E-state index in [1.165, 1.54) is 5.56 Å². The summed E-state index contributed by atoms with van der Waals surface area (Å²) >= 11 is 0. The fourth-order valence-corrected chi connectivity index (χ4v) is 1.44. The van der Waals surface area contributed by atoms with E-state index in [0.29, 0.717) is 0 Å². The molecule has 0 aromatic heterocycles. The molecule has 1 aromatic rings. The van der Waals surface area contributed by atoms with Gasteiger partial charge in [-0.05, 0) is 12.0 Å². The van der Waals surface area contributed by atoms with Crippen molar-refractivity contribution < 1.29 is 0 Å². The van der Waals surface area contributed by atoms with Crippen LogP contribution >= 0.6 is 12.4 Å². The zero-order valence-corrected chi connectivity index (χ0v) is 9.89. The van der Waals surface area contributed by atoms with E-state index in [9.17, 15) is 0 Å². The first-order chi connectivity index (χ1) is 7.45. The van der Waals surface area contributed by atoms with Crippen molar-refractivity contribution in [2.45, 2.75) is 13.0 Å². The number of nitrogens with zero attached hydrogens (tertiary/aromatic N) is 1. The third-order valence-corrected chi connectivity index (χ3v) is 2.24. The number of halogens is 1. The zero-order valence-electron chi connectivity index (χ0n) is 9.07. The highest BCUT2D eigenvalue weighted by Crippen LogP contribution is 1.96. The second-order valence-corrected chi connectivity index (χ2v) is 3.47. The van der Waals surface area contributed by atoms with Gasteiger partial charge in [-0.25, -0.2) is 5.43 Å².